The Morgan fingerprint density at radius 1 is 1.16 bits per heavy atom. The highest BCUT2D eigenvalue weighted by atomic mass is 32.1. The minimum Gasteiger partial charge on any atom is -0.445 e. The molecule has 1 aliphatic heterocycles. The number of thiophene rings is 1. The summed E-state index contributed by atoms with van der Waals surface area (Å²) in [6.45, 7) is 10.2. The molecule has 164 valence electrons. The van der Waals surface area contributed by atoms with Crippen molar-refractivity contribution in [1.29, 1.82) is 0 Å². The lowest BCUT2D eigenvalue weighted by Crippen LogP contribution is -2.41. The van der Waals surface area contributed by atoms with Crippen molar-refractivity contribution in [3.05, 3.63) is 62.8 Å². The van der Waals surface area contributed by atoms with Gasteiger partial charge in [0.2, 0.25) is 0 Å². The van der Waals surface area contributed by atoms with E-state index in [1.54, 1.807) is 0 Å². The average Bonchev–Trinajstić information content (AvgIpc) is 3.18. The molecule has 0 unspecified atom stereocenters. The second-order valence-electron chi connectivity index (χ2n) is 8.54. The van der Waals surface area contributed by atoms with Crippen LogP contribution >= 0.6 is 11.3 Å². The predicted molar refractivity (Wildman–Crippen MR) is 123 cm³/mol. The molecule has 8 heteroatoms. The summed E-state index contributed by atoms with van der Waals surface area (Å²) in [7, 11) is -0.624. The lowest BCUT2D eigenvalue weighted by Gasteiger charge is -2.32. The molecule has 0 aliphatic carbocycles. The van der Waals surface area contributed by atoms with Crippen LogP contribution in [0.1, 0.15) is 53.4 Å². The average molecular weight is 441 g/mol. The maximum absolute atomic E-state index is 12.3. The van der Waals surface area contributed by atoms with Gasteiger partial charge in [0.25, 0.3) is 0 Å². The Bertz CT molecular complexity index is 952. The highest BCUT2D eigenvalue weighted by Crippen LogP contribution is 2.39. The van der Waals surface area contributed by atoms with Crippen LogP contribution in [0.3, 0.4) is 0 Å². The molecule has 2 heterocycles. The molecule has 2 aromatic rings. The fraction of sp³-hybridized carbons (Fsp3) is 0.391. The van der Waals surface area contributed by atoms with Gasteiger partial charge in [-0.1, -0.05) is 30.3 Å². The molecule has 0 saturated carbocycles. The number of carbonyl (C=O) groups is 2. The molecular formula is C23H28BNO5S. The quantitative estimate of drug-likeness (QED) is 0.493. The van der Waals surface area contributed by atoms with E-state index < -0.39 is 24.4 Å². The van der Waals surface area contributed by atoms with E-state index in [1.807, 2.05) is 77.1 Å². The molecule has 1 aromatic carbocycles. The van der Waals surface area contributed by atoms with Gasteiger partial charge >= 0.3 is 13.2 Å². The predicted octanol–water partition coefficient (Wildman–Crippen LogP) is 4.81. The van der Waals surface area contributed by atoms with E-state index in [4.69, 9.17) is 14.0 Å². The van der Waals surface area contributed by atoms with Crippen LogP contribution in [0, 0.1) is 6.92 Å². The van der Waals surface area contributed by atoms with E-state index in [2.05, 4.69) is 5.32 Å². The van der Waals surface area contributed by atoms with Gasteiger partial charge in [-0.05, 0) is 63.4 Å². The maximum Gasteiger partial charge on any atom is 0.492 e. The van der Waals surface area contributed by atoms with Crippen LogP contribution in [0.2, 0.25) is 0 Å². The third-order valence-electron chi connectivity index (χ3n) is 5.61. The number of hydrogen-bond donors (Lipinski definition) is 1. The molecule has 0 atom stereocenters. The summed E-state index contributed by atoms with van der Waals surface area (Å²) < 4.78 is 17.7. The molecular weight excluding hydrogens is 413 g/mol. The number of alkyl carbamates (subject to hydrolysis) is 1. The summed E-state index contributed by atoms with van der Waals surface area (Å²) in [5.74, 6) is 0. The lowest BCUT2D eigenvalue weighted by molar-refractivity contribution is 0.00578. The Kier molecular flexibility index (Phi) is 7.04. The summed E-state index contributed by atoms with van der Waals surface area (Å²) in [4.78, 5) is 25.0. The van der Waals surface area contributed by atoms with E-state index in [-0.39, 0.29) is 13.2 Å². The number of rotatable bonds is 7. The molecule has 1 aliphatic rings. The van der Waals surface area contributed by atoms with Crippen molar-refractivity contribution in [3.8, 4) is 0 Å². The molecule has 0 bridgehead atoms. The van der Waals surface area contributed by atoms with Crippen LogP contribution < -0.4 is 5.32 Å². The van der Waals surface area contributed by atoms with Gasteiger partial charge in [-0.25, -0.2) is 4.79 Å². The minimum atomic E-state index is -0.624. The topological polar surface area (TPSA) is 73.9 Å². The molecule has 1 amide bonds. The molecule has 1 fully saturated rings. The number of aryl methyl sites for hydroxylation is 1. The van der Waals surface area contributed by atoms with Crippen LogP contribution in [0.5, 0.6) is 0 Å². The molecule has 0 radical (unpaired) electrons. The zero-order valence-corrected chi connectivity index (χ0v) is 19.4. The van der Waals surface area contributed by atoms with E-state index in [9.17, 15) is 9.59 Å². The number of nitrogens with one attached hydrogen (secondary N) is 1. The van der Waals surface area contributed by atoms with Crippen LogP contribution in [-0.2, 0) is 20.7 Å². The minimum absolute atomic E-state index is 0.189. The summed E-state index contributed by atoms with van der Waals surface area (Å²) in [6, 6.07) is 11.3. The zero-order chi connectivity index (χ0) is 22.6. The number of amides is 1. The van der Waals surface area contributed by atoms with E-state index in [0.29, 0.717) is 4.88 Å². The molecule has 3 rings (SSSR count). The van der Waals surface area contributed by atoms with Gasteiger partial charge in [0.05, 0.1) is 16.1 Å². The van der Waals surface area contributed by atoms with Gasteiger partial charge in [-0.2, -0.15) is 0 Å². The van der Waals surface area contributed by atoms with Crippen LogP contribution in [0.15, 0.2) is 41.9 Å². The van der Waals surface area contributed by atoms with Gasteiger partial charge in [0.1, 0.15) is 6.61 Å². The zero-order valence-electron chi connectivity index (χ0n) is 18.6. The summed E-state index contributed by atoms with van der Waals surface area (Å²) >= 11 is 1.39. The van der Waals surface area contributed by atoms with Gasteiger partial charge in [-0.15, -0.1) is 11.3 Å². The first-order valence-corrected chi connectivity index (χ1v) is 11.0. The Hall–Kier alpha value is -2.42. The third-order valence-corrected chi connectivity index (χ3v) is 6.72. The summed E-state index contributed by atoms with van der Waals surface area (Å²) in [5, 5.41) is 2.79. The SMILES string of the molecule is Cc1cc(C=O)sc1C=C(CNC(=O)OCc1ccccc1)B1OC(C)(C)C(C)(C)O1. The molecule has 1 saturated heterocycles. The van der Waals surface area contributed by atoms with Crippen LogP contribution in [-0.4, -0.2) is 37.2 Å². The second-order valence-corrected chi connectivity index (χ2v) is 9.65. The highest BCUT2D eigenvalue weighted by Gasteiger charge is 2.52. The van der Waals surface area contributed by atoms with Gasteiger partial charge < -0.3 is 19.4 Å². The number of ether oxygens (including phenoxy) is 1. The Morgan fingerprint density at radius 3 is 2.39 bits per heavy atom. The number of benzene rings is 1. The fourth-order valence-electron chi connectivity index (χ4n) is 3.04. The molecule has 31 heavy (non-hydrogen) atoms. The smallest absolute Gasteiger partial charge is 0.445 e. The summed E-state index contributed by atoms with van der Waals surface area (Å²) in [6.07, 6.45) is 2.23. The van der Waals surface area contributed by atoms with Gasteiger partial charge in [0, 0.05) is 11.4 Å². The summed E-state index contributed by atoms with van der Waals surface area (Å²) in [5.41, 5.74) is 1.62. The Balaban J connectivity index is 1.74. The number of hydrogen-bond acceptors (Lipinski definition) is 6. The van der Waals surface area contributed by atoms with Gasteiger partial charge in [0.15, 0.2) is 6.29 Å². The van der Waals surface area contributed by atoms with Crippen molar-refractivity contribution in [2.45, 2.75) is 52.4 Å². The van der Waals surface area contributed by atoms with Crippen molar-refractivity contribution in [3.63, 3.8) is 0 Å². The second kappa shape index (κ2) is 9.38. The van der Waals surface area contributed by atoms with E-state index in [0.717, 1.165) is 27.8 Å². The van der Waals surface area contributed by atoms with Crippen molar-refractivity contribution < 1.29 is 23.6 Å². The number of aldehydes is 1. The first-order valence-electron chi connectivity index (χ1n) is 10.2. The van der Waals surface area contributed by atoms with Crippen molar-refractivity contribution in [1.82, 2.24) is 5.32 Å². The molecule has 0 spiro atoms. The standard InChI is InChI=1S/C23H28BNO5S/c1-16-11-19(14-26)31-20(16)12-18(24-29-22(2,3)23(4,5)30-24)13-25-21(27)28-15-17-9-7-6-8-10-17/h6-12,14H,13,15H2,1-5H3,(H,25,27). The van der Waals surface area contributed by atoms with Crippen molar-refractivity contribution >= 4 is 36.9 Å². The highest BCUT2D eigenvalue weighted by molar-refractivity contribution is 7.14. The van der Waals surface area contributed by atoms with Gasteiger partial charge in [-0.3, -0.25) is 4.79 Å². The Labute approximate surface area is 187 Å². The van der Waals surface area contributed by atoms with Crippen molar-refractivity contribution in [2.75, 3.05) is 6.54 Å². The fourth-order valence-corrected chi connectivity index (χ4v) is 4.00. The molecule has 1 N–H and O–H groups in total. The monoisotopic (exact) mass is 441 g/mol. The van der Waals surface area contributed by atoms with Crippen molar-refractivity contribution in [2.24, 2.45) is 0 Å². The lowest BCUT2D eigenvalue weighted by atomic mass is 9.77. The third kappa shape index (κ3) is 5.64. The normalized spacial score (nSPS) is 17.5. The molecule has 6 nitrogen and oxygen atoms in total. The van der Waals surface area contributed by atoms with E-state index in [1.165, 1.54) is 11.3 Å². The number of carbonyl (C=O) groups excluding carboxylic acids is 2. The Morgan fingerprint density at radius 2 is 1.81 bits per heavy atom. The maximum atomic E-state index is 12.3. The van der Waals surface area contributed by atoms with Crippen LogP contribution in [0.25, 0.3) is 6.08 Å². The first kappa shape index (κ1) is 23.3. The van der Waals surface area contributed by atoms with E-state index >= 15 is 0 Å². The largest absolute Gasteiger partial charge is 0.492 e. The first-order chi connectivity index (χ1) is 14.6. The molecule has 1 aromatic heterocycles. The van der Waals surface area contributed by atoms with Crippen LogP contribution in [0.4, 0.5) is 4.79 Å².